The summed E-state index contributed by atoms with van der Waals surface area (Å²) in [6, 6.07) is 13.7. The van der Waals surface area contributed by atoms with Gasteiger partial charge < -0.3 is 25.1 Å². The first kappa shape index (κ1) is 35.8. The fourth-order valence-electron chi connectivity index (χ4n) is 9.87. The SMILES string of the molecule is CCC(CO)CC(=O)C1C=C2c3cccc4[nH]cc(c34)C[C@H]2N(C)C1.CCC(CO)CC(=O)C1CN(C)[C@@H]2Cc3c[nH]c4cccc(c34)[C@@]2(C)C1. The van der Waals surface area contributed by atoms with Gasteiger partial charge in [-0.2, -0.15) is 0 Å². The Labute approximate surface area is 302 Å². The second-order valence-electron chi connectivity index (χ2n) is 16.2. The van der Waals surface area contributed by atoms with Crippen LogP contribution in [0.4, 0.5) is 0 Å². The van der Waals surface area contributed by atoms with Crippen molar-refractivity contribution in [3.63, 3.8) is 0 Å². The molecule has 2 aromatic heterocycles. The van der Waals surface area contributed by atoms with E-state index >= 15 is 0 Å². The predicted octanol–water partition coefficient (Wildman–Crippen LogP) is 6.30. The summed E-state index contributed by atoms with van der Waals surface area (Å²) in [6.45, 7) is 8.23. The van der Waals surface area contributed by atoms with Crippen molar-refractivity contribution in [3.05, 3.63) is 77.1 Å². The van der Waals surface area contributed by atoms with Gasteiger partial charge in [-0.25, -0.2) is 0 Å². The first-order valence-electron chi connectivity index (χ1n) is 19.2. The van der Waals surface area contributed by atoms with Crippen molar-refractivity contribution in [2.75, 3.05) is 40.4 Å². The van der Waals surface area contributed by atoms with E-state index in [0.29, 0.717) is 30.7 Å². The Bertz CT molecular complexity index is 1930. The number of Topliss-reactive ketones (excluding diaryl/α,β-unsaturated/α-hetero) is 2. The lowest BCUT2D eigenvalue weighted by Crippen LogP contribution is -2.58. The van der Waals surface area contributed by atoms with E-state index in [2.05, 4.69) is 95.7 Å². The molecule has 51 heavy (non-hydrogen) atoms. The largest absolute Gasteiger partial charge is 0.396 e. The van der Waals surface area contributed by atoms with E-state index in [9.17, 15) is 19.8 Å². The van der Waals surface area contributed by atoms with Gasteiger partial charge in [-0.3, -0.25) is 14.5 Å². The number of carbonyl (C=O) groups is 2. The van der Waals surface area contributed by atoms with Crippen molar-refractivity contribution in [3.8, 4) is 0 Å². The number of benzene rings is 2. The molecular formula is C43H56N4O4. The first-order chi connectivity index (χ1) is 24.6. The summed E-state index contributed by atoms with van der Waals surface area (Å²) in [5, 5.41) is 21.6. The Balaban J connectivity index is 0.000000159. The zero-order valence-electron chi connectivity index (χ0n) is 31.0. The number of aromatic nitrogens is 2. The lowest BCUT2D eigenvalue weighted by atomic mass is 9.61. The Morgan fingerprint density at radius 2 is 1.47 bits per heavy atom. The van der Waals surface area contributed by atoms with E-state index in [1.807, 2.05) is 13.8 Å². The third-order valence-corrected chi connectivity index (χ3v) is 13.1. The number of hydrogen-bond donors (Lipinski definition) is 4. The van der Waals surface area contributed by atoms with Crippen molar-refractivity contribution >= 4 is 38.9 Å². The van der Waals surface area contributed by atoms with Crippen LogP contribution in [0.15, 0.2) is 54.9 Å². The molecule has 4 unspecified atom stereocenters. The van der Waals surface area contributed by atoms with Gasteiger partial charge >= 0.3 is 0 Å². The molecule has 4 aromatic rings. The minimum atomic E-state index is -0.0763. The molecule has 4 heterocycles. The molecule has 4 N–H and O–H groups in total. The number of H-pyrrole nitrogens is 2. The van der Waals surface area contributed by atoms with Crippen molar-refractivity contribution in [1.82, 2.24) is 19.8 Å². The fraction of sp³-hybridized carbons (Fsp3) is 0.535. The molecule has 7 atom stereocenters. The second kappa shape index (κ2) is 14.5. The number of rotatable bonds is 10. The quantitative estimate of drug-likeness (QED) is 0.155. The number of aromatic amines is 2. The van der Waals surface area contributed by atoms with Crippen LogP contribution in [0.3, 0.4) is 0 Å². The average molecular weight is 693 g/mol. The summed E-state index contributed by atoms with van der Waals surface area (Å²) in [5.74, 6) is 0.741. The van der Waals surface area contributed by atoms with Crippen LogP contribution >= 0.6 is 0 Å². The summed E-state index contributed by atoms with van der Waals surface area (Å²) in [7, 11) is 4.29. The highest BCUT2D eigenvalue weighted by molar-refractivity contribution is 5.99. The number of piperidine rings is 1. The number of fused-ring (bicyclic) bond motifs is 4. The highest BCUT2D eigenvalue weighted by Gasteiger charge is 2.49. The van der Waals surface area contributed by atoms with Gasteiger partial charge in [0.15, 0.2) is 0 Å². The van der Waals surface area contributed by atoms with E-state index in [0.717, 1.165) is 45.2 Å². The van der Waals surface area contributed by atoms with Crippen molar-refractivity contribution < 1.29 is 19.8 Å². The minimum Gasteiger partial charge on any atom is -0.396 e. The molecule has 272 valence electrons. The maximum Gasteiger partial charge on any atom is 0.141 e. The van der Waals surface area contributed by atoms with Crippen LogP contribution in [0.1, 0.15) is 75.1 Å². The predicted molar refractivity (Wildman–Crippen MR) is 205 cm³/mol. The van der Waals surface area contributed by atoms with Gasteiger partial charge in [-0.15, -0.1) is 0 Å². The van der Waals surface area contributed by atoms with Gasteiger partial charge in [0.05, 0.1) is 0 Å². The Hall–Kier alpha value is -3.56. The normalized spacial score (nSPS) is 26.8. The van der Waals surface area contributed by atoms with Crippen LogP contribution in [0.5, 0.6) is 0 Å². The molecule has 2 aromatic carbocycles. The highest BCUT2D eigenvalue weighted by atomic mass is 16.3. The maximum absolute atomic E-state index is 13.0. The van der Waals surface area contributed by atoms with Crippen molar-refractivity contribution in [2.45, 2.75) is 83.2 Å². The zero-order chi connectivity index (χ0) is 36.0. The topological polar surface area (TPSA) is 113 Å². The van der Waals surface area contributed by atoms with Crippen LogP contribution in [0, 0.1) is 23.7 Å². The second-order valence-corrected chi connectivity index (χ2v) is 16.2. The third-order valence-electron chi connectivity index (χ3n) is 13.1. The van der Waals surface area contributed by atoms with E-state index in [1.54, 1.807) is 0 Å². The number of nitrogens with one attached hydrogen (secondary N) is 2. The lowest BCUT2D eigenvalue weighted by molar-refractivity contribution is -0.128. The molecule has 0 bridgehead atoms. The van der Waals surface area contributed by atoms with Gasteiger partial charge in [-0.1, -0.05) is 64.0 Å². The molecule has 2 aliphatic heterocycles. The third kappa shape index (κ3) is 6.43. The zero-order valence-corrected chi connectivity index (χ0v) is 31.0. The summed E-state index contributed by atoms with van der Waals surface area (Å²) < 4.78 is 0. The number of aliphatic hydroxyl groups excluding tert-OH is 2. The van der Waals surface area contributed by atoms with Gasteiger partial charge in [-0.05, 0) is 85.2 Å². The number of likely N-dealkylation sites (tertiary alicyclic amines) is 1. The van der Waals surface area contributed by atoms with E-state index in [-0.39, 0.29) is 48.1 Å². The lowest BCUT2D eigenvalue weighted by Gasteiger charge is -2.52. The number of carbonyl (C=O) groups excluding carboxylic acids is 2. The van der Waals surface area contributed by atoms with Crippen LogP contribution in [0.2, 0.25) is 0 Å². The average Bonchev–Trinajstić information content (AvgIpc) is 3.76. The summed E-state index contributed by atoms with van der Waals surface area (Å²) >= 11 is 0. The molecular weight excluding hydrogens is 636 g/mol. The number of ketones is 2. The molecule has 0 radical (unpaired) electrons. The van der Waals surface area contributed by atoms with Gasteiger partial charge in [0, 0.05) is 103 Å². The molecule has 1 saturated heterocycles. The van der Waals surface area contributed by atoms with E-state index < -0.39 is 0 Å². The number of hydrogen-bond acceptors (Lipinski definition) is 6. The Kier molecular flexibility index (Phi) is 10.2. The van der Waals surface area contributed by atoms with E-state index in [1.165, 1.54) is 49.6 Å². The maximum atomic E-state index is 13.0. The molecule has 0 amide bonds. The standard InChI is InChI=1S/C22H30N2O2.C21H26N2O2/c1-4-14(13-25)8-19(26)16-10-22(2)17-6-5-7-18-21(17)15(11-23-18)9-20(22)24(3)12-16;1-3-13(12-24)7-20(25)15-8-17-16-5-4-6-18-21(16)14(10-22-18)9-19(17)23(2)11-15/h5-7,11,14,16,20,23,25H,4,8-10,12-13H2,1-3H3;4-6,8,10,13,15,19,22,24H,3,7,9,11-12H2,1-2H3/t14?,16?,20-,22-;13?,15?,19-/m11/s1. The van der Waals surface area contributed by atoms with E-state index in [4.69, 9.17) is 0 Å². The summed E-state index contributed by atoms with van der Waals surface area (Å²) in [4.78, 5) is 37.3. The molecule has 0 spiro atoms. The Morgan fingerprint density at radius 1 is 0.843 bits per heavy atom. The Morgan fingerprint density at radius 3 is 2.14 bits per heavy atom. The first-order valence-corrected chi connectivity index (χ1v) is 19.2. The van der Waals surface area contributed by atoms with Crippen LogP contribution < -0.4 is 0 Å². The highest BCUT2D eigenvalue weighted by Crippen LogP contribution is 2.49. The number of likely N-dealkylation sites (N-methyl/N-ethyl adjacent to an activating group) is 2. The summed E-state index contributed by atoms with van der Waals surface area (Å²) in [6.07, 6.45) is 12.1. The van der Waals surface area contributed by atoms with Crippen LogP contribution in [-0.4, -0.2) is 94.0 Å². The number of nitrogens with zero attached hydrogens (tertiary/aromatic N) is 2. The molecule has 1 fully saturated rings. The monoisotopic (exact) mass is 692 g/mol. The van der Waals surface area contributed by atoms with Gasteiger partial charge in [0.2, 0.25) is 0 Å². The van der Waals surface area contributed by atoms with Gasteiger partial charge in [0.1, 0.15) is 11.6 Å². The molecule has 8 heteroatoms. The fourth-order valence-corrected chi connectivity index (χ4v) is 9.87. The van der Waals surface area contributed by atoms with Crippen molar-refractivity contribution in [1.29, 1.82) is 0 Å². The molecule has 0 saturated carbocycles. The molecule has 8 rings (SSSR count). The number of aliphatic hydroxyl groups is 2. The van der Waals surface area contributed by atoms with Crippen LogP contribution in [0.25, 0.3) is 27.4 Å². The van der Waals surface area contributed by atoms with Crippen LogP contribution in [-0.2, 0) is 27.8 Å². The molecule has 8 nitrogen and oxygen atoms in total. The minimum absolute atomic E-state index is 0.0110. The van der Waals surface area contributed by atoms with Crippen molar-refractivity contribution in [2.24, 2.45) is 23.7 Å². The smallest absolute Gasteiger partial charge is 0.141 e. The molecule has 4 aliphatic rings. The summed E-state index contributed by atoms with van der Waals surface area (Å²) in [5.41, 5.74) is 9.10. The molecule has 2 aliphatic carbocycles. The van der Waals surface area contributed by atoms with Gasteiger partial charge in [0.25, 0.3) is 0 Å².